The number of hydrogen-bond acceptors (Lipinski definition) is 3. The molecule has 2 N–H and O–H groups in total. The zero-order chi connectivity index (χ0) is 13.6. The molecule has 0 bridgehead atoms. The van der Waals surface area contributed by atoms with Gasteiger partial charge in [0.05, 0.1) is 12.0 Å². The van der Waals surface area contributed by atoms with E-state index in [-0.39, 0.29) is 11.9 Å². The van der Waals surface area contributed by atoms with Crippen molar-refractivity contribution in [2.45, 2.75) is 18.9 Å². The van der Waals surface area contributed by atoms with Gasteiger partial charge in [0.2, 0.25) is 5.91 Å². The summed E-state index contributed by atoms with van der Waals surface area (Å²) in [6, 6.07) is 8.17. The van der Waals surface area contributed by atoms with Gasteiger partial charge < -0.3 is 5.32 Å². The third-order valence-electron chi connectivity index (χ3n) is 3.68. The molecule has 1 atom stereocenters. The van der Waals surface area contributed by atoms with Gasteiger partial charge in [0, 0.05) is 11.7 Å². The minimum Gasteiger partial charge on any atom is -0.346 e. The van der Waals surface area contributed by atoms with Crippen LogP contribution in [0.25, 0.3) is 10.1 Å². The van der Waals surface area contributed by atoms with Crippen LogP contribution >= 0.6 is 11.3 Å². The van der Waals surface area contributed by atoms with E-state index in [1.165, 1.54) is 9.60 Å². The van der Waals surface area contributed by atoms with Crippen LogP contribution in [0.1, 0.15) is 18.9 Å². The predicted molar refractivity (Wildman–Crippen MR) is 77.4 cm³/mol. The number of benzene rings is 1. The first kappa shape index (κ1) is 12.2. The highest BCUT2D eigenvalue weighted by Gasteiger charge is 2.39. The van der Waals surface area contributed by atoms with Crippen molar-refractivity contribution in [1.29, 1.82) is 5.41 Å². The van der Waals surface area contributed by atoms with E-state index in [0.29, 0.717) is 6.42 Å². The molecule has 1 amide bonds. The summed E-state index contributed by atoms with van der Waals surface area (Å²) >= 11 is 1.67. The fourth-order valence-electron chi connectivity index (χ4n) is 2.50. The van der Waals surface area contributed by atoms with Crippen molar-refractivity contribution in [3.63, 3.8) is 0 Å². The molecule has 1 aromatic carbocycles. The number of nitrogens with one attached hydrogen (secondary N) is 2. The van der Waals surface area contributed by atoms with Crippen LogP contribution in [0.2, 0.25) is 0 Å². The SMILES string of the molecule is CN1C(=N)N[C@](C)(c2csc3ccccc23)CC1=O. The fourth-order valence-corrected chi connectivity index (χ4v) is 3.60. The molecule has 1 aliphatic rings. The Morgan fingerprint density at radius 2 is 2.16 bits per heavy atom. The lowest BCUT2D eigenvalue weighted by molar-refractivity contribution is -0.129. The van der Waals surface area contributed by atoms with Gasteiger partial charge in [0.1, 0.15) is 0 Å². The van der Waals surface area contributed by atoms with Crippen molar-refractivity contribution in [2.24, 2.45) is 0 Å². The van der Waals surface area contributed by atoms with E-state index < -0.39 is 5.54 Å². The lowest BCUT2D eigenvalue weighted by Crippen LogP contribution is -2.58. The number of carbonyl (C=O) groups excluding carboxylic acids is 1. The summed E-state index contributed by atoms with van der Waals surface area (Å²) in [5, 5.41) is 14.3. The second-order valence-corrected chi connectivity index (χ2v) is 5.99. The summed E-state index contributed by atoms with van der Waals surface area (Å²) in [7, 11) is 1.63. The minimum absolute atomic E-state index is 0.0264. The molecule has 4 nitrogen and oxygen atoms in total. The maximum absolute atomic E-state index is 12.0. The van der Waals surface area contributed by atoms with Gasteiger partial charge in [-0.05, 0) is 29.3 Å². The maximum atomic E-state index is 12.0. The molecular formula is C14H15N3OS. The van der Waals surface area contributed by atoms with E-state index in [2.05, 4.69) is 22.8 Å². The number of fused-ring (bicyclic) bond motifs is 1. The van der Waals surface area contributed by atoms with Gasteiger partial charge in [-0.3, -0.25) is 15.1 Å². The van der Waals surface area contributed by atoms with Crippen LogP contribution in [0, 0.1) is 5.41 Å². The summed E-state index contributed by atoms with van der Waals surface area (Å²) < 4.78 is 1.21. The van der Waals surface area contributed by atoms with Gasteiger partial charge in [0.15, 0.2) is 5.96 Å². The summed E-state index contributed by atoms with van der Waals surface area (Å²) in [6.07, 6.45) is 0.368. The first-order valence-electron chi connectivity index (χ1n) is 6.11. The second kappa shape index (κ2) is 4.06. The van der Waals surface area contributed by atoms with Gasteiger partial charge in [-0.2, -0.15) is 0 Å². The number of nitrogens with zero attached hydrogens (tertiary/aromatic N) is 1. The summed E-state index contributed by atoms with van der Waals surface area (Å²) in [4.78, 5) is 13.4. The Hall–Kier alpha value is -1.88. The average molecular weight is 273 g/mol. The van der Waals surface area contributed by atoms with Crippen LogP contribution in [-0.4, -0.2) is 23.8 Å². The molecule has 1 aliphatic heterocycles. The number of guanidine groups is 1. The third-order valence-corrected chi connectivity index (χ3v) is 4.65. The van der Waals surface area contributed by atoms with E-state index >= 15 is 0 Å². The summed E-state index contributed by atoms with van der Waals surface area (Å²) in [5.74, 6) is 0.135. The molecule has 0 aliphatic carbocycles. The largest absolute Gasteiger partial charge is 0.346 e. The maximum Gasteiger partial charge on any atom is 0.231 e. The molecule has 1 aromatic heterocycles. The molecule has 5 heteroatoms. The highest BCUT2D eigenvalue weighted by atomic mass is 32.1. The zero-order valence-corrected chi connectivity index (χ0v) is 11.7. The Morgan fingerprint density at radius 3 is 2.89 bits per heavy atom. The van der Waals surface area contributed by atoms with Gasteiger partial charge in [-0.25, -0.2) is 0 Å². The first-order chi connectivity index (χ1) is 9.01. The van der Waals surface area contributed by atoms with Crippen LogP contribution in [0.4, 0.5) is 0 Å². The molecule has 0 spiro atoms. The lowest BCUT2D eigenvalue weighted by atomic mass is 9.86. The van der Waals surface area contributed by atoms with E-state index in [0.717, 1.165) is 10.9 Å². The van der Waals surface area contributed by atoms with E-state index in [1.54, 1.807) is 18.4 Å². The van der Waals surface area contributed by atoms with Crippen molar-refractivity contribution in [1.82, 2.24) is 10.2 Å². The van der Waals surface area contributed by atoms with Crippen LogP contribution in [0.3, 0.4) is 0 Å². The normalized spacial score (nSPS) is 23.8. The standard InChI is InChI=1S/C14H15N3OS/c1-14(7-12(18)17(2)13(15)16-14)10-8-19-11-6-4-3-5-9(10)11/h3-6,8H,7H2,1-2H3,(H2,15,16)/t14-/m0/s1. The van der Waals surface area contributed by atoms with Gasteiger partial charge in [-0.1, -0.05) is 18.2 Å². The first-order valence-corrected chi connectivity index (χ1v) is 6.99. The molecule has 19 heavy (non-hydrogen) atoms. The van der Waals surface area contributed by atoms with Crippen LogP contribution in [0.5, 0.6) is 0 Å². The Kier molecular flexibility index (Phi) is 2.60. The Morgan fingerprint density at radius 1 is 1.42 bits per heavy atom. The van der Waals surface area contributed by atoms with Crippen LogP contribution in [0.15, 0.2) is 29.6 Å². The quantitative estimate of drug-likeness (QED) is 0.838. The molecule has 0 unspecified atom stereocenters. The smallest absolute Gasteiger partial charge is 0.231 e. The van der Waals surface area contributed by atoms with Crippen molar-refractivity contribution < 1.29 is 4.79 Å². The molecular weight excluding hydrogens is 258 g/mol. The molecule has 1 fully saturated rings. The van der Waals surface area contributed by atoms with E-state index in [1.807, 2.05) is 19.1 Å². The summed E-state index contributed by atoms with van der Waals surface area (Å²) in [5.41, 5.74) is 0.597. The van der Waals surface area contributed by atoms with Crippen LogP contribution in [-0.2, 0) is 10.3 Å². The fraction of sp³-hybridized carbons (Fsp3) is 0.286. The monoisotopic (exact) mass is 273 g/mol. The van der Waals surface area contributed by atoms with Gasteiger partial charge >= 0.3 is 0 Å². The predicted octanol–water partition coefficient (Wildman–Crippen LogP) is 2.50. The second-order valence-electron chi connectivity index (χ2n) is 5.08. The molecule has 98 valence electrons. The molecule has 0 saturated carbocycles. The zero-order valence-electron chi connectivity index (χ0n) is 10.9. The molecule has 2 heterocycles. The number of carbonyl (C=O) groups is 1. The molecule has 0 radical (unpaired) electrons. The average Bonchev–Trinajstić information content (AvgIpc) is 2.80. The Bertz CT molecular complexity index is 658. The number of thiophene rings is 1. The topological polar surface area (TPSA) is 56.2 Å². The minimum atomic E-state index is -0.500. The van der Waals surface area contributed by atoms with Crippen molar-refractivity contribution in [3.8, 4) is 0 Å². The van der Waals surface area contributed by atoms with E-state index in [4.69, 9.17) is 5.41 Å². The number of rotatable bonds is 1. The summed E-state index contributed by atoms with van der Waals surface area (Å²) in [6.45, 7) is 1.99. The Labute approximate surface area is 115 Å². The Balaban J connectivity index is 2.10. The highest BCUT2D eigenvalue weighted by Crippen LogP contribution is 2.37. The van der Waals surface area contributed by atoms with Gasteiger partial charge in [-0.15, -0.1) is 11.3 Å². The molecule has 1 saturated heterocycles. The number of hydrogen-bond donors (Lipinski definition) is 2. The van der Waals surface area contributed by atoms with E-state index in [9.17, 15) is 4.79 Å². The highest BCUT2D eigenvalue weighted by molar-refractivity contribution is 7.17. The molecule has 3 rings (SSSR count). The van der Waals surface area contributed by atoms with Crippen molar-refractivity contribution >= 4 is 33.3 Å². The van der Waals surface area contributed by atoms with Crippen molar-refractivity contribution in [3.05, 3.63) is 35.2 Å². The molecule has 2 aromatic rings. The van der Waals surface area contributed by atoms with Crippen LogP contribution < -0.4 is 5.32 Å². The number of amides is 1. The van der Waals surface area contributed by atoms with Crippen molar-refractivity contribution in [2.75, 3.05) is 7.05 Å². The third kappa shape index (κ3) is 1.81. The lowest BCUT2D eigenvalue weighted by Gasteiger charge is -2.39. The van der Waals surface area contributed by atoms with Gasteiger partial charge in [0.25, 0.3) is 0 Å².